The van der Waals surface area contributed by atoms with Crippen LogP contribution < -0.4 is 0 Å². The maximum Gasteiger partial charge on any atom is 0.265 e. The van der Waals surface area contributed by atoms with Crippen LogP contribution in [0.3, 0.4) is 0 Å². The molecule has 1 rings (SSSR count). The first-order chi connectivity index (χ1) is 7.73. The van der Waals surface area contributed by atoms with E-state index in [0.29, 0.717) is 12.8 Å². The first-order valence-electron chi connectivity index (χ1n) is 6.21. The predicted octanol–water partition coefficient (Wildman–Crippen LogP) is 2.30. The normalized spacial score (nSPS) is 30.2. The van der Waals surface area contributed by atoms with Crippen molar-refractivity contribution in [2.24, 2.45) is 17.3 Å². The van der Waals surface area contributed by atoms with Crippen molar-refractivity contribution in [3.8, 4) is 0 Å². The van der Waals surface area contributed by atoms with Crippen LogP contribution in [0.4, 0.5) is 0 Å². The van der Waals surface area contributed by atoms with Gasteiger partial charge in [-0.25, -0.2) is 0 Å². The van der Waals surface area contributed by atoms with Gasteiger partial charge in [0.05, 0.1) is 5.75 Å². The van der Waals surface area contributed by atoms with Gasteiger partial charge in [0.15, 0.2) is 0 Å². The van der Waals surface area contributed by atoms with Crippen molar-refractivity contribution in [2.45, 2.75) is 46.5 Å². The van der Waals surface area contributed by atoms with E-state index in [-0.39, 0.29) is 17.6 Å². The lowest BCUT2D eigenvalue weighted by Crippen LogP contribution is -2.41. The van der Waals surface area contributed by atoms with Crippen LogP contribution in [-0.2, 0) is 14.9 Å². The Morgan fingerprint density at radius 2 is 2.06 bits per heavy atom. The standard InChI is InChI=1S/C12H22O4S/c1-4-7-12(8-17(14,15)16)10(9(2)3)5-6-11(12)13/h9-10H,4-8H2,1-3H3,(H,14,15,16). The smallest absolute Gasteiger partial charge is 0.265 e. The zero-order valence-corrected chi connectivity index (χ0v) is 11.6. The lowest BCUT2D eigenvalue weighted by molar-refractivity contribution is -0.127. The molecule has 2 unspecified atom stereocenters. The summed E-state index contributed by atoms with van der Waals surface area (Å²) in [5.41, 5.74) is -0.851. The van der Waals surface area contributed by atoms with Gasteiger partial charge in [0, 0.05) is 11.8 Å². The van der Waals surface area contributed by atoms with Gasteiger partial charge in [-0.3, -0.25) is 9.35 Å². The largest absolute Gasteiger partial charge is 0.299 e. The Morgan fingerprint density at radius 1 is 1.47 bits per heavy atom. The molecule has 0 aromatic rings. The molecule has 1 fully saturated rings. The van der Waals surface area contributed by atoms with E-state index in [1.165, 1.54) is 0 Å². The van der Waals surface area contributed by atoms with Crippen LogP contribution in [0.2, 0.25) is 0 Å². The van der Waals surface area contributed by atoms with Crippen molar-refractivity contribution >= 4 is 15.9 Å². The molecule has 0 spiro atoms. The number of carbonyl (C=O) groups excluding carboxylic acids is 1. The molecule has 0 aliphatic heterocycles. The summed E-state index contributed by atoms with van der Waals surface area (Å²) in [6.45, 7) is 5.96. The van der Waals surface area contributed by atoms with Crippen LogP contribution in [0.25, 0.3) is 0 Å². The zero-order valence-electron chi connectivity index (χ0n) is 10.8. The summed E-state index contributed by atoms with van der Waals surface area (Å²) in [5.74, 6) is -0.0718. The van der Waals surface area contributed by atoms with E-state index in [4.69, 9.17) is 4.55 Å². The number of rotatable bonds is 5. The lowest BCUT2D eigenvalue weighted by atomic mass is 9.71. The highest BCUT2D eigenvalue weighted by atomic mass is 32.2. The molecule has 100 valence electrons. The van der Waals surface area contributed by atoms with E-state index in [0.717, 1.165) is 12.8 Å². The number of ketones is 1. The van der Waals surface area contributed by atoms with Crippen LogP contribution in [-0.4, -0.2) is 24.5 Å². The van der Waals surface area contributed by atoms with Gasteiger partial charge in [0.1, 0.15) is 5.78 Å². The van der Waals surface area contributed by atoms with Crippen molar-refractivity contribution in [2.75, 3.05) is 5.75 Å². The third-order valence-electron chi connectivity index (χ3n) is 3.89. The quantitative estimate of drug-likeness (QED) is 0.772. The third kappa shape index (κ3) is 3.07. The Kier molecular flexibility index (Phi) is 4.36. The van der Waals surface area contributed by atoms with Crippen molar-refractivity contribution < 1.29 is 17.8 Å². The van der Waals surface area contributed by atoms with Gasteiger partial charge in [-0.05, 0) is 24.7 Å². The molecule has 4 nitrogen and oxygen atoms in total. The molecule has 0 amide bonds. The Bertz CT molecular complexity index is 385. The fourth-order valence-corrected chi connectivity index (χ4v) is 4.52. The molecule has 0 bridgehead atoms. The van der Waals surface area contributed by atoms with Gasteiger partial charge in [0.2, 0.25) is 0 Å². The number of Topliss-reactive ketones (excluding diaryl/α,β-unsaturated/α-hetero) is 1. The molecule has 1 aliphatic carbocycles. The third-order valence-corrected chi connectivity index (χ3v) is 4.77. The fraction of sp³-hybridized carbons (Fsp3) is 0.917. The summed E-state index contributed by atoms with van der Waals surface area (Å²) in [7, 11) is -4.11. The predicted molar refractivity (Wildman–Crippen MR) is 66.3 cm³/mol. The fourth-order valence-electron chi connectivity index (χ4n) is 3.35. The maximum absolute atomic E-state index is 12.1. The van der Waals surface area contributed by atoms with Crippen LogP contribution in [0.1, 0.15) is 46.5 Å². The summed E-state index contributed by atoms with van der Waals surface area (Å²) in [4.78, 5) is 12.1. The molecule has 0 aromatic heterocycles. The first-order valence-corrected chi connectivity index (χ1v) is 7.82. The van der Waals surface area contributed by atoms with E-state index in [1.807, 2.05) is 20.8 Å². The molecular weight excluding hydrogens is 240 g/mol. The number of hydrogen-bond donors (Lipinski definition) is 1. The minimum Gasteiger partial charge on any atom is -0.299 e. The lowest BCUT2D eigenvalue weighted by Gasteiger charge is -2.35. The van der Waals surface area contributed by atoms with Crippen LogP contribution in [0.5, 0.6) is 0 Å². The SMILES string of the molecule is CCCC1(CS(=O)(=O)O)C(=O)CCC1C(C)C. The second-order valence-corrected chi connectivity index (χ2v) is 6.90. The highest BCUT2D eigenvalue weighted by molar-refractivity contribution is 7.85. The Hall–Kier alpha value is -0.420. The van der Waals surface area contributed by atoms with E-state index in [1.54, 1.807) is 0 Å². The van der Waals surface area contributed by atoms with Crippen molar-refractivity contribution in [3.63, 3.8) is 0 Å². The van der Waals surface area contributed by atoms with Gasteiger partial charge in [-0.1, -0.05) is 27.2 Å². The molecule has 0 heterocycles. The summed E-state index contributed by atoms with van der Waals surface area (Å²) in [6.07, 6.45) is 2.49. The molecule has 0 radical (unpaired) electrons. The molecule has 5 heteroatoms. The van der Waals surface area contributed by atoms with E-state index < -0.39 is 21.3 Å². The zero-order chi connectivity index (χ0) is 13.3. The molecule has 1 saturated carbocycles. The van der Waals surface area contributed by atoms with E-state index >= 15 is 0 Å². The molecule has 17 heavy (non-hydrogen) atoms. The maximum atomic E-state index is 12.1. The van der Waals surface area contributed by atoms with Crippen LogP contribution in [0, 0.1) is 17.3 Å². The minimum atomic E-state index is -4.11. The molecule has 2 atom stereocenters. The molecule has 0 saturated heterocycles. The molecule has 0 aromatic carbocycles. The Labute approximate surface area is 104 Å². The monoisotopic (exact) mass is 262 g/mol. The number of carbonyl (C=O) groups is 1. The van der Waals surface area contributed by atoms with Gasteiger partial charge in [0.25, 0.3) is 10.1 Å². The average molecular weight is 262 g/mol. The van der Waals surface area contributed by atoms with Gasteiger partial charge in [-0.15, -0.1) is 0 Å². The van der Waals surface area contributed by atoms with Crippen LogP contribution in [0.15, 0.2) is 0 Å². The summed E-state index contributed by atoms with van der Waals surface area (Å²) in [6, 6.07) is 0. The van der Waals surface area contributed by atoms with Crippen molar-refractivity contribution in [1.82, 2.24) is 0 Å². The van der Waals surface area contributed by atoms with Gasteiger partial charge < -0.3 is 0 Å². The van der Waals surface area contributed by atoms with E-state index in [2.05, 4.69) is 0 Å². The molecular formula is C12H22O4S. The summed E-state index contributed by atoms with van der Waals surface area (Å²) >= 11 is 0. The second-order valence-electron chi connectivity index (χ2n) is 5.44. The van der Waals surface area contributed by atoms with Crippen LogP contribution >= 0.6 is 0 Å². The molecule has 1 aliphatic rings. The average Bonchev–Trinajstić information content (AvgIpc) is 2.42. The Morgan fingerprint density at radius 3 is 2.47 bits per heavy atom. The second kappa shape index (κ2) is 5.06. The van der Waals surface area contributed by atoms with E-state index in [9.17, 15) is 13.2 Å². The molecule has 1 N–H and O–H groups in total. The highest BCUT2D eigenvalue weighted by Crippen LogP contribution is 2.48. The first kappa shape index (κ1) is 14.6. The Balaban J connectivity index is 3.14. The minimum absolute atomic E-state index is 0.00988. The van der Waals surface area contributed by atoms with Gasteiger partial charge in [-0.2, -0.15) is 8.42 Å². The summed E-state index contributed by atoms with van der Waals surface area (Å²) in [5, 5.41) is 0. The van der Waals surface area contributed by atoms with Crippen molar-refractivity contribution in [1.29, 1.82) is 0 Å². The topological polar surface area (TPSA) is 71.4 Å². The summed E-state index contributed by atoms with van der Waals surface area (Å²) < 4.78 is 31.5. The number of hydrogen-bond acceptors (Lipinski definition) is 3. The van der Waals surface area contributed by atoms with Crippen molar-refractivity contribution in [3.05, 3.63) is 0 Å². The van der Waals surface area contributed by atoms with Gasteiger partial charge >= 0.3 is 0 Å². The highest BCUT2D eigenvalue weighted by Gasteiger charge is 2.52.